The van der Waals surface area contributed by atoms with Gasteiger partial charge < -0.3 is 10.5 Å². The predicted octanol–water partition coefficient (Wildman–Crippen LogP) is 3.44. The molecule has 2 rings (SSSR count). The van der Waals surface area contributed by atoms with E-state index < -0.39 is 0 Å². The molecule has 0 aliphatic carbocycles. The van der Waals surface area contributed by atoms with Crippen LogP contribution in [0, 0.1) is 0 Å². The highest BCUT2D eigenvalue weighted by Gasteiger charge is 2.02. The Labute approximate surface area is 119 Å². The number of hydrogen-bond acceptors (Lipinski definition) is 5. The summed E-state index contributed by atoms with van der Waals surface area (Å²) < 4.78 is 5.55. The number of hydrogen-bond donors (Lipinski definition) is 1. The molecule has 1 aromatic carbocycles. The van der Waals surface area contributed by atoms with Crippen LogP contribution < -0.4 is 10.5 Å². The number of nitrogen functional groups attached to an aromatic ring is 1. The van der Waals surface area contributed by atoms with Crippen molar-refractivity contribution < 1.29 is 4.74 Å². The standard InChI is InChI=1S/C11H11Cl2N3OS/c12-7-4-8(13)6-9(5-7)17-3-1-2-10-15-16-11(14)18-10/h4-6H,1-3H2,(H2,14,16). The molecule has 0 fully saturated rings. The molecule has 0 radical (unpaired) electrons. The molecule has 4 nitrogen and oxygen atoms in total. The molecule has 0 aliphatic heterocycles. The third-order valence-electron chi connectivity index (χ3n) is 2.12. The highest BCUT2D eigenvalue weighted by Crippen LogP contribution is 2.24. The molecule has 0 bridgehead atoms. The van der Waals surface area contributed by atoms with Gasteiger partial charge in [-0.25, -0.2) is 0 Å². The van der Waals surface area contributed by atoms with E-state index in [4.69, 9.17) is 33.7 Å². The van der Waals surface area contributed by atoms with Crippen molar-refractivity contribution in [2.45, 2.75) is 12.8 Å². The lowest BCUT2D eigenvalue weighted by Gasteiger charge is -2.06. The second-order valence-electron chi connectivity index (χ2n) is 3.59. The van der Waals surface area contributed by atoms with Crippen LogP contribution in [-0.4, -0.2) is 16.8 Å². The van der Waals surface area contributed by atoms with Crippen LogP contribution in [0.2, 0.25) is 10.0 Å². The Hall–Kier alpha value is -1.04. The maximum absolute atomic E-state index is 5.87. The summed E-state index contributed by atoms with van der Waals surface area (Å²) in [6, 6.07) is 5.13. The third kappa shape index (κ3) is 4.01. The van der Waals surface area contributed by atoms with Crippen LogP contribution in [0.25, 0.3) is 0 Å². The predicted molar refractivity (Wildman–Crippen MR) is 74.6 cm³/mol. The largest absolute Gasteiger partial charge is 0.493 e. The van der Waals surface area contributed by atoms with E-state index in [9.17, 15) is 0 Å². The zero-order chi connectivity index (χ0) is 13.0. The zero-order valence-corrected chi connectivity index (χ0v) is 11.7. The van der Waals surface area contributed by atoms with E-state index in [1.165, 1.54) is 11.3 Å². The van der Waals surface area contributed by atoms with Gasteiger partial charge in [-0.2, -0.15) is 0 Å². The highest BCUT2D eigenvalue weighted by atomic mass is 35.5. The van der Waals surface area contributed by atoms with Gasteiger partial charge >= 0.3 is 0 Å². The van der Waals surface area contributed by atoms with Gasteiger partial charge in [-0.3, -0.25) is 0 Å². The quantitative estimate of drug-likeness (QED) is 0.860. The van der Waals surface area contributed by atoms with Gasteiger partial charge in [-0.15, -0.1) is 10.2 Å². The van der Waals surface area contributed by atoms with Gasteiger partial charge in [0.2, 0.25) is 5.13 Å². The van der Waals surface area contributed by atoms with E-state index in [1.807, 2.05) is 0 Å². The summed E-state index contributed by atoms with van der Waals surface area (Å²) in [6.07, 6.45) is 1.63. The minimum absolute atomic E-state index is 0.493. The summed E-state index contributed by atoms with van der Waals surface area (Å²) in [5, 5.41) is 10.2. The van der Waals surface area contributed by atoms with Crippen LogP contribution in [-0.2, 0) is 6.42 Å². The molecular formula is C11H11Cl2N3OS. The van der Waals surface area contributed by atoms with Crippen LogP contribution in [0.5, 0.6) is 5.75 Å². The van der Waals surface area contributed by atoms with Crippen molar-refractivity contribution in [2.24, 2.45) is 0 Å². The molecule has 0 unspecified atom stereocenters. The van der Waals surface area contributed by atoms with Gasteiger partial charge in [0.15, 0.2) is 0 Å². The average Bonchev–Trinajstić information content (AvgIpc) is 2.69. The fraction of sp³-hybridized carbons (Fsp3) is 0.273. The van der Waals surface area contributed by atoms with Gasteiger partial charge in [0.25, 0.3) is 0 Å². The monoisotopic (exact) mass is 303 g/mol. The molecule has 2 aromatic rings. The highest BCUT2D eigenvalue weighted by molar-refractivity contribution is 7.15. The molecule has 0 saturated heterocycles. The Balaban J connectivity index is 1.78. The van der Waals surface area contributed by atoms with Gasteiger partial charge in [0, 0.05) is 16.5 Å². The second-order valence-corrected chi connectivity index (χ2v) is 5.56. The fourth-order valence-electron chi connectivity index (χ4n) is 1.39. The molecule has 96 valence electrons. The summed E-state index contributed by atoms with van der Waals surface area (Å²) in [5.74, 6) is 0.671. The summed E-state index contributed by atoms with van der Waals surface area (Å²) in [6.45, 7) is 0.566. The lowest BCUT2D eigenvalue weighted by Crippen LogP contribution is -1.99. The molecule has 0 amide bonds. The minimum Gasteiger partial charge on any atom is -0.493 e. The molecule has 2 N–H and O–H groups in total. The number of rotatable bonds is 5. The normalized spacial score (nSPS) is 10.6. The van der Waals surface area contributed by atoms with Crippen molar-refractivity contribution in [3.05, 3.63) is 33.3 Å². The average molecular weight is 304 g/mol. The molecule has 18 heavy (non-hydrogen) atoms. The number of benzene rings is 1. The molecule has 0 saturated carbocycles. The van der Waals surface area contributed by atoms with E-state index in [2.05, 4.69) is 10.2 Å². The van der Waals surface area contributed by atoms with E-state index in [0.717, 1.165) is 17.8 Å². The molecular weight excluding hydrogens is 293 g/mol. The SMILES string of the molecule is Nc1nnc(CCCOc2cc(Cl)cc(Cl)c2)s1. The van der Waals surface area contributed by atoms with Gasteiger partial charge in [-0.05, 0) is 24.6 Å². The lowest BCUT2D eigenvalue weighted by atomic mass is 10.3. The maximum atomic E-state index is 5.87. The first kappa shape index (κ1) is 13.4. The first-order valence-corrected chi connectivity index (χ1v) is 6.87. The van der Waals surface area contributed by atoms with E-state index in [-0.39, 0.29) is 0 Å². The maximum Gasteiger partial charge on any atom is 0.203 e. The van der Waals surface area contributed by atoms with E-state index in [0.29, 0.717) is 27.5 Å². The zero-order valence-electron chi connectivity index (χ0n) is 9.40. The van der Waals surface area contributed by atoms with Crippen LogP contribution >= 0.6 is 34.5 Å². The Morgan fingerprint density at radius 2 is 1.89 bits per heavy atom. The Bertz CT molecular complexity index is 513. The van der Waals surface area contributed by atoms with Crippen LogP contribution in [0.1, 0.15) is 11.4 Å². The van der Waals surface area contributed by atoms with Crippen molar-refractivity contribution in [3.63, 3.8) is 0 Å². The number of anilines is 1. The molecule has 1 heterocycles. The number of nitrogens with zero attached hydrogens (tertiary/aromatic N) is 2. The van der Waals surface area contributed by atoms with Gasteiger partial charge in [-0.1, -0.05) is 34.5 Å². The Morgan fingerprint density at radius 3 is 2.50 bits per heavy atom. The molecule has 0 aliphatic rings. The topological polar surface area (TPSA) is 61.0 Å². The number of nitrogens with two attached hydrogens (primary N) is 1. The fourth-order valence-corrected chi connectivity index (χ4v) is 2.55. The number of aryl methyl sites for hydroxylation is 1. The van der Waals surface area contributed by atoms with Crippen molar-refractivity contribution >= 4 is 39.7 Å². The third-order valence-corrected chi connectivity index (χ3v) is 3.37. The van der Waals surface area contributed by atoms with Gasteiger partial charge in [0.05, 0.1) is 6.61 Å². The Morgan fingerprint density at radius 1 is 1.17 bits per heavy atom. The molecule has 0 atom stereocenters. The summed E-state index contributed by atoms with van der Waals surface area (Å²) in [4.78, 5) is 0. The van der Waals surface area contributed by atoms with Crippen molar-refractivity contribution in [1.82, 2.24) is 10.2 Å². The lowest BCUT2D eigenvalue weighted by molar-refractivity contribution is 0.311. The first-order chi connectivity index (χ1) is 8.63. The van der Waals surface area contributed by atoms with Gasteiger partial charge in [0.1, 0.15) is 10.8 Å². The number of halogens is 2. The second kappa shape index (κ2) is 6.22. The minimum atomic E-state index is 0.493. The first-order valence-electron chi connectivity index (χ1n) is 5.30. The van der Waals surface area contributed by atoms with Crippen LogP contribution in [0.4, 0.5) is 5.13 Å². The Kier molecular flexibility index (Phi) is 4.63. The molecule has 0 spiro atoms. The molecule has 7 heteroatoms. The number of aromatic nitrogens is 2. The summed E-state index contributed by atoms with van der Waals surface area (Å²) in [7, 11) is 0. The van der Waals surface area contributed by atoms with Crippen LogP contribution in [0.15, 0.2) is 18.2 Å². The molecule has 1 aromatic heterocycles. The van der Waals surface area contributed by atoms with E-state index >= 15 is 0 Å². The van der Waals surface area contributed by atoms with E-state index in [1.54, 1.807) is 18.2 Å². The number of ether oxygens (including phenoxy) is 1. The van der Waals surface area contributed by atoms with Crippen molar-refractivity contribution in [1.29, 1.82) is 0 Å². The summed E-state index contributed by atoms with van der Waals surface area (Å²) in [5.41, 5.74) is 5.49. The van der Waals surface area contributed by atoms with Crippen molar-refractivity contribution in [3.8, 4) is 5.75 Å². The van der Waals surface area contributed by atoms with Crippen LogP contribution in [0.3, 0.4) is 0 Å². The summed E-state index contributed by atoms with van der Waals surface area (Å²) >= 11 is 13.1. The van der Waals surface area contributed by atoms with Crippen molar-refractivity contribution in [2.75, 3.05) is 12.3 Å². The smallest absolute Gasteiger partial charge is 0.203 e.